The van der Waals surface area contributed by atoms with Crippen LogP contribution in [0.3, 0.4) is 0 Å². The Bertz CT molecular complexity index is 569. The van der Waals surface area contributed by atoms with Gasteiger partial charge in [-0.1, -0.05) is 18.2 Å². The molecule has 0 radical (unpaired) electrons. The molecule has 6 nitrogen and oxygen atoms in total. The Balaban J connectivity index is 2.12. The third kappa shape index (κ3) is 3.85. The Morgan fingerprint density at radius 1 is 1.45 bits per heavy atom. The van der Waals surface area contributed by atoms with Gasteiger partial charge in [0, 0.05) is 18.2 Å². The number of benzene rings is 1. The fourth-order valence-corrected chi connectivity index (χ4v) is 2.23. The molecule has 1 atom stereocenters. The van der Waals surface area contributed by atoms with Crippen molar-refractivity contribution in [3.63, 3.8) is 0 Å². The van der Waals surface area contributed by atoms with Gasteiger partial charge in [0.05, 0.1) is 19.8 Å². The highest BCUT2D eigenvalue weighted by Crippen LogP contribution is 2.19. The third-order valence-corrected chi connectivity index (χ3v) is 3.32. The van der Waals surface area contributed by atoms with Gasteiger partial charge < -0.3 is 19.5 Å². The number of nitrogens with zero attached hydrogens (tertiary/aromatic N) is 1. The van der Waals surface area contributed by atoms with Crippen LogP contribution in [0.4, 0.5) is 0 Å². The Labute approximate surface area is 128 Å². The maximum atomic E-state index is 12.2. The molecule has 2 rings (SSSR count). The molecule has 118 valence electrons. The number of para-hydroxylation sites is 1. The van der Waals surface area contributed by atoms with E-state index >= 15 is 0 Å². The number of carbonyl (C=O) groups excluding carboxylic acids is 1. The van der Waals surface area contributed by atoms with Crippen LogP contribution in [0.2, 0.25) is 0 Å². The van der Waals surface area contributed by atoms with Crippen molar-refractivity contribution in [1.29, 1.82) is 0 Å². The van der Waals surface area contributed by atoms with Crippen molar-refractivity contribution in [2.75, 3.05) is 26.4 Å². The molecule has 1 fully saturated rings. The Kier molecular flexibility index (Phi) is 5.55. The fraction of sp³-hybridized carbons (Fsp3) is 0.375. The number of amides is 1. The lowest BCUT2D eigenvalue weighted by atomic mass is 10.1. The first-order chi connectivity index (χ1) is 10.6. The van der Waals surface area contributed by atoms with Gasteiger partial charge in [0.25, 0.3) is 0 Å². The van der Waals surface area contributed by atoms with E-state index in [4.69, 9.17) is 14.6 Å². The zero-order chi connectivity index (χ0) is 15.9. The minimum Gasteiger partial charge on any atom is -0.493 e. The van der Waals surface area contributed by atoms with Crippen LogP contribution >= 0.6 is 0 Å². The van der Waals surface area contributed by atoms with Gasteiger partial charge in [-0.05, 0) is 19.1 Å². The van der Waals surface area contributed by atoms with E-state index in [0.29, 0.717) is 19.0 Å². The molecule has 1 saturated heterocycles. The summed E-state index contributed by atoms with van der Waals surface area (Å²) in [6.07, 6.45) is 3.01. The van der Waals surface area contributed by atoms with Gasteiger partial charge in [0.15, 0.2) is 6.04 Å². The number of carboxylic acid groups (broad SMARTS) is 1. The predicted octanol–water partition coefficient (Wildman–Crippen LogP) is 1.41. The summed E-state index contributed by atoms with van der Waals surface area (Å²) < 4.78 is 10.6. The number of aliphatic carboxylic acids is 1. The zero-order valence-corrected chi connectivity index (χ0v) is 12.4. The summed E-state index contributed by atoms with van der Waals surface area (Å²) in [5, 5.41) is 9.14. The first-order valence-corrected chi connectivity index (χ1v) is 7.14. The molecule has 1 N–H and O–H groups in total. The monoisotopic (exact) mass is 305 g/mol. The molecule has 1 unspecified atom stereocenters. The van der Waals surface area contributed by atoms with Gasteiger partial charge in [0.2, 0.25) is 5.91 Å². The molecule has 0 aliphatic carbocycles. The van der Waals surface area contributed by atoms with Crippen LogP contribution in [0.25, 0.3) is 6.08 Å². The highest BCUT2D eigenvalue weighted by molar-refractivity contribution is 5.94. The lowest BCUT2D eigenvalue weighted by Gasteiger charge is -2.32. The van der Waals surface area contributed by atoms with Gasteiger partial charge in [-0.15, -0.1) is 0 Å². The first kappa shape index (κ1) is 16.0. The second kappa shape index (κ2) is 7.61. The van der Waals surface area contributed by atoms with Crippen LogP contribution in [-0.2, 0) is 14.3 Å². The molecule has 1 aliphatic rings. The Morgan fingerprint density at radius 2 is 2.23 bits per heavy atom. The molecule has 1 aliphatic heterocycles. The molecule has 1 aromatic rings. The average Bonchev–Trinajstić information content (AvgIpc) is 2.54. The summed E-state index contributed by atoms with van der Waals surface area (Å²) in [4.78, 5) is 24.7. The number of hydrogen-bond acceptors (Lipinski definition) is 4. The highest BCUT2D eigenvalue weighted by Gasteiger charge is 2.31. The summed E-state index contributed by atoms with van der Waals surface area (Å²) >= 11 is 0. The van der Waals surface area contributed by atoms with Gasteiger partial charge in [0.1, 0.15) is 5.75 Å². The molecule has 1 aromatic carbocycles. The van der Waals surface area contributed by atoms with Gasteiger partial charge >= 0.3 is 5.97 Å². The fourth-order valence-electron chi connectivity index (χ4n) is 2.23. The maximum Gasteiger partial charge on any atom is 0.328 e. The molecule has 22 heavy (non-hydrogen) atoms. The van der Waals surface area contributed by atoms with E-state index in [9.17, 15) is 9.59 Å². The van der Waals surface area contributed by atoms with Gasteiger partial charge in [-0.2, -0.15) is 0 Å². The third-order valence-electron chi connectivity index (χ3n) is 3.32. The predicted molar refractivity (Wildman–Crippen MR) is 80.6 cm³/mol. The average molecular weight is 305 g/mol. The molecule has 6 heteroatoms. The zero-order valence-electron chi connectivity index (χ0n) is 12.4. The molecular weight excluding hydrogens is 286 g/mol. The Morgan fingerprint density at radius 3 is 2.95 bits per heavy atom. The molecule has 1 heterocycles. The Hall–Kier alpha value is -2.34. The second-order valence-corrected chi connectivity index (χ2v) is 4.76. The van der Waals surface area contributed by atoms with E-state index in [1.807, 2.05) is 31.2 Å². The first-order valence-electron chi connectivity index (χ1n) is 7.14. The largest absolute Gasteiger partial charge is 0.493 e. The number of carboxylic acids is 1. The number of hydrogen-bond donors (Lipinski definition) is 1. The number of morpholine rings is 1. The smallest absolute Gasteiger partial charge is 0.328 e. The van der Waals surface area contributed by atoms with Crippen molar-refractivity contribution >= 4 is 18.0 Å². The van der Waals surface area contributed by atoms with Crippen molar-refractivity contribution in [1.82, 2.24) is 4.90 Å². The number of ether oxygens (including phenoxy) is 2. The van der Waals surface area contributed by atoms with Crippen molar-refractivity contribution in [2.45, 2.75) is 13.0 Å². The van der Waals surface area contributed by atoms with Crippen LogP contribution in [0.15, 0.2) is 30.3 Å². The quantitative estimate of drug-likeness (QED) is 0.832. The minimum absolute atomic E-state index is 0.0183. The van der Waals surface area contributed by atoms with Crippen molar-refractivity contribution in [3.05, 3.63) is 35.9 Å². The van der Waals surface area contributed by atoms with Crippen LogP contribution in [0.5, 0.6) is 5.75 Å². The molecule has 0 aromatic heterocycles. The summed E-state index contributed by atoms with van der Waals surface area (Å²) in [6, 6.07) is 6.42. The molecule has 1 amide bonds. The van der Waals surface area contributed by atoms with Crippen LogP contribution in [-0.4, -0.2) is 54.3 Å². The van der Waals surface area contributed by atoms with Crippen molar-refractivity contribution < 1.29 is 24.2 Å². The van der Waals surface area contributed by atoms with E-state index < -0.39 is 12.0 Å². The number of carbonyl (C=O) groups is 2. The standard InChI is InChI=1S/C16H19NO5/c1-2-22-14-6-4-3-5-12(14)7-8-15(18)17-9-10-21-11-13(17)16(19)20/h3-8,13H,2,9-11H2,1H3,(H,19,20). The normalized spacial score (nSPS) is 18.4. The van der Waals surface area contributed by atoms with Gasteiger partial charge in [-0.3, -0.25) is 4.79 Å². The summed E-state index contributed by atoms with van der Waals surface area (Å²) in [5.41, 5.74) is 0.776. The maximum absolute atomic E-state index is 12.2. The van der Waals surface area contributed by atoms with Crippen LogP contribution in [0, 0.1) is 0 Å². The van der Waals surface area contributed by atoms with Crippen LogP contribution in [0.1, 0.15) is 12.5 Å². The second-order valence-electron chi connectivity index (χ2n) is 4.76. The minimum atomic E-state index is -1.06. The van der Waals surface area contributed by atoms with E-state index in [1.165, 1.54) is 11.0 Å². The van der Waals surface area contributed by atoms with Crippen molar-refractivity contribution in [3.8, 4) is 5.75 Å². The van der Waals surface area contributed by atoms with Gasteiger partial charge in [-0.25, -0.2) is 4.79 Å². The van der Waals surface area contributed by atoms with Crippen LogP contribution < -0.4 is 4.74 Å². The topological polar surface area (TPSA) is 76.1 Å². The van der Waals surface area contributed by atoms with E-state index in [0.717, 1.165) is 5.56 Å². The van der Waals surface area contributed by atoms with E-state index in [-0.39, 0.29) is 19.1 Å². The SMILES string of the molecule is CCOc1ccccc1C=CC(=O)N1CCOCC1C(=O)O. The highest BCUT2D eigenvalue weighted by atomic mass is 16.5. The number of rotatable bonds is 5. The van der Waals surface area contributed by atoms with E-state index in [1.54, 1.807) is 6.08 Å². The molecule has 0 bridgehead atoms. The summed E-state index contributed by atoms with van der Waals surface area (Å²) in [5.74, 6) is -0.719. The van der Waals surface area contributed by atoms with E-state index in [2.05, 4.69) is 0 Å². The van der Waals surface area contributed by atoms with Crippen molar-refractivity contribution in [2.24, 2.45) is 0 Å². The molecular formula is C16H19NO5. The lowest BCUT2D eigenvalue weighted by molar-refractivity contribution is -0.156. The molecule has 0 saturated carbocycles. The summed E-state index contributed by atoms with van der Waals surface area (Å²) in [6.45, 7) is 3.05. The molecule has 0 spiro atoms. The summed E-state index contributed by atoms with van der Waals surface area (Å²) in [7, 11) is 0. The lowest BCUT2D eigenvalue weighted by Crippen LogP contribution is -2.52.